The lowest BCUT2D eigenvalue weighted by Crippen LogP contribution is -2.33. The fraction of sp³-hybridized carbons (Fsp3) is 0.625. The van der Waals surface area contributed by atoms with Crippen molar-refractivity contribution in [1.82, 2.24) is 4.90 Å². The van der Waals surface area contributed by atoms with Crippen molar-refractivity contribution in [2.45, 2.75) is 31.4 Å². The molecule has 1 fully saturated rings. The Labute approximate surface area is 121 Å². The van der Waals surface area contributed by atoms with Crippen LogP contribution in [0, 0.1) is 0 Å². The van der Waals surface area contributed by atoms with Crippen LogP contribution >= 0.6 is 0 Å². The Bertz CT molecular complexity index is 371. The molecule has 1 aromatic rings. The lowest BCUT2D eigenvalue weighted by Gasteiger charge is -2.26. The van der Waals surface area contributed by atoms with Crippen LogP contribution < -0.4 is 0 Å². The summed E-state index contributed by atoms with van der Waals surface area (Å²) in [6.45, 7) is 3.10. The van der Waals surface area contributed by atoms with Gasteiger partial charge in [0.2, 0.25) is 0 Å². The third kappa shape index (κ3) is 4.56. The standard InChI is InChI=1S/C16H25NO3/c18-10-12-20-11-9-17-8-4-7-15(17)13-16(19)14-5-2-1-3-6-14/h1-3,5-6,15-16,18-19H,4,7-13H2. The van der Waals surface area contributed by atoms with Crippen LogP contribution in [0.1, 0.15) is 30.9 Å². The van der Waals surface area contributed by atoms with E-state index in [0.29, 0.717) is 19.3 Å². The Morgan fingerprint density at radius 2 is 2.05 bits per heavy atom. The first kappa shape index (κ1) is 15.4. The fourth-order valence-corrected chi connectivity index (χ4v) is 2.87. The second-order valence-corrected chi connectivity index (χ2v) is 5.33. The van der Waals surface area contributed by atoms with Crippen LogP contribution in [0.15, 0.2) is 30.3 Å². The normalized spacial score (nSPS) is 21.2. The molecule has 1 saturated heterocycles. The van der Waals surface area contributed by atoms with Crippen molar-refractivity contribution in [1.29, 1.82) is 0 Å². The SMILES string of the molecule is OCCOCCN1CCCC1CC(O)c1ccccc1. The van der Waals surface area contributed by atoms with E-state index in [1.54, 1.807) is 0 Å². The maximum absolute atomic E-state index is 10.3. The van der Waals surface area contributed by atoms with E-state index in [2.05, 4.69) is 4.90 Å². The van der Waals surface area contributed by atoms with Gasteiger partial charge in [-0.25, -0.2) is 0 Å². The topological polar surface area (TPSA) is 52.9 Å². The van der Waals surface area contributed by atoms with Gasteiger partial charge in [0.15, 0.2) is 0 Å². The largest absolute Gasteiger partial charge is 0.394 e. The molecule has 0 spiro atoms. The fourth-order valence-electron chi connectivity index (χ4n) is 2.87. The highest BCUT2D eigenvalue weighted by Crippen LogP contribution is 2.26. The first-order valence-corrected chi connectivity index (χ1v) is 7.47. The van der Waals surface area contributed by atoms with Crippen LogP contribution in [0.3, 0.4) is 0 Å². The van der Waals surface area contributed by atoms with Crippen molar-refractivity contribution in [3.8, 4) is 0 Å². The minimum absolute atomic E-state index is 0.0795. The van der Waals surface area contributed by atoms with E-state index in [-0.39, 0.29) is 12.7 Å². The van der Waals surface area contributed by atoms with Gasteiger partial charge in [0.1, 0.15) is 0 Å². The van der Waals surface area contributed by atoms with Gasteiger partial charge >= 0.3 is 0 Å². The first-order valence-electron chi connectivity index (χ1n) is 7.47. The molecule has 4 heteroatoms. The van der Waals surface area contributed by atoms with Gasteiger partial charge in [0.25, 0.3) is 0 Å². The molecule has 2 unspecified atom stereocenters. The van der Waals surface area contributed by atoms with Gasteiger partial charge in [-0.3, -0.25) is 4.90 Å². The zero-order valence-electron chi connectivity index (χ0n) is 11.9. The monoisotopic (exact) mass is 279 g/mol. The van der Waals surface area contributed by atoms with E-state index in [1.165, 1.54) is 6.42 Å². The number of nitrogens with zero attached hydrogens (tertiary/aromatic N) is 1. The molecule has 2 rings (SSSR count). The molecule has 20 heavy (non-hydrogen) atoms. The summed E-state index contributed by atoms with van der Waals surface area (Å²) in [5.41, 5.74) is 0.996. The van der Waals surface area contributed by atoms with Crippen molar-refractivity contribution in [3.63, 3.8) is 0 Å². The molecule has 1 heterocycles. The summed E-state index contributed by atoms with van der Waals surface area (Å²) in [5.74, 6) is 0. The van der Waals surface area contributed by atoms with Crippen LogP contribution in [-0.2, 0) is 4.74 Å². The second kappa shape index (κ2) is 8.37. The molecule has 0 amide bonds. The summed E-state index contributed by atoms with van der Waals surface area (Å²) in [6, 6.07) is 10.3. The number of aliphatic hydroxyl groups excluding tert-OH is 2. The molecule has 1 aliphatic rings. The highest BCUT2D eigenvalue weighted by atomic mass is 16.5. The van der Waals surface area contributed by atoms with E-state index in [4.69, 9.17) is 9.84 Å². The number of aliphatic hydroxyl groups is 2. The van der Waals surface area contributed by atoms with Gasteiger partial charge in [-0.2, -0.15) is 0 Å². The summed E-state index contributed by atoms with van der Waals surface area (Å²) in [4.78, 5) is 2.39. The summed E-state index contributed by atoms with van der Waals surface area (Å²) >= 11 is 0. The van der Waals surface area contributed by atoms with Crippen molar-refractivity contribution >= 4 is 0 Å². The van der Waals surface area contributed by atoms with E-state index in [1.807, 2.05) is 30.3 Å². The first-order chi connectivity index (χ1) is 9.81. The van der Waals surface area contributed by atoms with Crippen LogP contribution in [0.25, 0.3) is 0 Å². The Morgan fingerprint density at radius 3 is 2.80 bits per heavy atom. The minimum atomic E-state index is -0.389. The third-order valence-electron chi connectivity index (χ3n) is 3.94. The average Bonchev–Trinajstić information content (AvgIpc) is 2.92. The molecule has 2 atom stereocenters. The molecule has 1 aliphatic heterocycles. The Kier molecular flexibility index (Phi) is 6.47. The molecule has 112 valence electrons. The summed E-state index contributed by atoms with van der Waals surface area (Å²) in [5, 5.41) is 19.0. The zero-order valence-corrected chi connectivity index (χ0v) is 11.9. The quantitative estimate of drug-likeness (QED) is 0.710. The minimum Gasteiger partial charge on any atom is -0.394 e. The van der Waals surface area contributed by atoms with Crippen LogP contribution in [0.4, 0.5) is 0 Å². The lowest BCUT2D eigenvalue weighted by molar-refractivity contribution is 0.0616. The molecule has 0 saturated carbocycles. The van der Waals surface area contributed by atoms with Crippen molar-refractivity contribution < 1.29 is 14.9 Å². The van der Waals surface area contributed by atoms with Crippen molar-refractivity contribution in [2.24, 2.45) is 0 Å². The predicted octanol–water partition coefficient (Wildman–Crippen LogP) is 1.58. The van der Waals surface area contributed by atoms with E-state index < -0.39 is 0 Å². The molecule has 0 bridgehead atoms. The van der Waals surface area contributed by atoms with E-state index in [0.717, 1.165) is 31.5 Å². The molecule has 1 aromatic carbocycles. The van der Waals surface area contributed by atoms with Crippen LogP contribution in [-0.4, -0.2) is 54.1 Å². The summed E-state index contributed by atoms with van der Waals surface area (Å²) in [6.07, 6.45) is 2.72. The number of likely N-dealkylation sites (tertiary alicyclic amines) is 1. The smallest absolute Gasteiger partial charge is 0.0805 e. The van der Waals surface area contributed by atoms with Crippen molar-refractivity contribution in [2.75, 3.05) is 32.9 Å². The Hall–Kier alpha value is -0.940. The molecular weight excluding hydrogens is 254 g/mol. The third-order valence-corrected chi connectivity index (χ3v) is 3.94. The second-order valence-electron chi connectivity index (χ2n) is 5.33. The molecule has 2 N–H and O–H groups in total. The average molecular weight is 279 g/mol. The number of ether oxygens (including phenoxy) is 1. The Morgan fingerprint density at radius 1 is 1.25 bits per heavy atom. The van der Waals surface area contributed by atoms with Gasteiger partial charge in [-0.1, -0.05) is 30.3 Å². The predicted molar refractivity (Wildman–Crippen MR) is 78.5 cm³/mol. The van der Waals surface area contributed by atoms with E-state index >= 15 is 0 Å². The number of hydrogen-bond acceptors (Lipinski definition) is 4. The Balaban J connectivity index is 1.78. The van der Waals surface area contributed by atoms with Gasteiger partial charge < -0.3 is 14.9 Å². The van der Waals surface area contributed by atoms with Crippen LogP contribution in [0.5, 0.6) is 0 Å². The maximum atomic E-state index is 10.3. The maximum Gasteiger partial charge on any atom is 0.0805 e. The molecule has 0 aliphatic carbocycles. The molecule has 0 aromatic heterocycles. The lowest BCUT2D eigenvalue weighted by atomic mass is 10.0. The highest BCUT2D eigenvalue weighted by Gasteiger charge is 2.26. The van der Waals surface area contributed by atoms with Gasteiger partial charge in [-0.05, 0) is 31.4 Å². The summed E-state index contributed by atoms with van der Waals surface area (Å²) in [7, 11) is 0. The molecule has 0 radical (unpaired) electrons. The van der Waals surface area contributed by atoms with E-state index in [9.17, 15) is 5.11 Å². The molecular formula is C16H25NO3. The summed E-state index contributed by atoms with van der Waals surface area (Å²) < 4.78 is 5.33. The van der Waals surface area contributed by atoms with Gasteiger partial charge in [-0.15, -0.1) is 0 Å². The number of hydrogen-bond donors (Lipinski definition) is 2. The number of rotatable bonds is 8. The molecule has 4 nitrogen and oxygen atoms in total. The van der Waals surface area contributed by atoms with Crippen molar-refractivity contribution in [3.05, 3.63) is 35.9 Å². The van der Waals surface area contributed by atoms with Gasteiger partial charge in [0.05, 0.1) is 25.9 Å². The number of benzene rings is 1. The van der Waals surface area contributed by atoms with Gasteiger partial charge in [0, 0.05) is 12.6 Å². The van der Waals surface area contributed by atoms with Crippen LogP contribution in [0.2, 0.25) is 0 Å². The zero-order chi connectivity index (χ0) is 14.2. The highest BCUT2D eigenvalue weighted by molar-refractivity contribution is 5.17.